The van der Waals surface area contributed by atoms with Crippen LogP contribution in [-0.4, -0.2) is 79.0 Å². The molecule has 0 radical (unpaired) electrons. The lowest BCUT2D eigenvalue weighted by atomic mass is 10.1. The Kier molecular flexibility index (Phi) is 8.04. The summed E-state index contributed by atoms with van der Waals surface area (Å²) in [6.45, 7) is 2.11. The van der Waals surface area contributed by atoms with E-state index in [4.69, 9.17) is 4.74 Å². The van der Waals surface area contributed by atoms with E-state index in [0.29, 0.717) is 54.3 Å². The molecule has 0 saturated carbocycles. The average molecular weight is 502 g/mol. The number of carbonyl (C=O) groups is 2. The lowest BCUT2D eigenvalue weighted by Gasteiger charge is -2.32. The van der Waals surface area contributed by atoms with Crippen molar-refractivity contribution in [3.8, 4) is 5.75 Å². The Bertz CT molecular complexity index is 1140. The standard InChI is InChI=1S/C25H31N3O6S/c29-19-27(31)16-11-20-7-1-4-10-24(20)35(32,33)28-17-12-21(13-18-28)34-23-9-3-2-8-22(23)25(30)26-14-5-6-15-26/h1-4,7-10,19,21,31H,5-6,11-18H2. The van der Waals surface area contributed by atoms with Crippen molar-refractivity contribution >= 4 is 22.3 Å². The minimum atomic E-state index is -3.75. The zero-order valence-electron chi connectivity index (χ0n) is 19.6. The van der Waals surface area contributed by atoms with E-state index in [0.717, 1.165) is 25.9 Å². The first kappa shape index (κ1) is 25.2. The first-order valence-electron chi connectivity index (χ1n) is 11.9. The summed E-state index contributed by atoms with van der Waals surface area (Å²) in [5.41, 5.74) is 1.09. The Morgan fingerprint density at radius 2 is 1.69 bits per heavy atom. The molecule has 2 heterocycles. The molecule has 0 aromatic heterocycles. The van der Waals surface area contributed by atoms with Crippen molar-refractivity contribution in [2.75, 3.05) is 32.7 Å². The number of hydroxylamine groups is 2. The van der Waals surface area contributed by atoms with E-state index in [1.54, 1.807) is 36.4 Å². The maximum absolute atomic E-state index is 13.4. The Balaban J connectivity index is 1.41. The molecular weight excluding hydrogens is 470 g/mol. The fraction of sp³-hybridized carbons (Fsp3) is 0.440. The lowest BCUT2D eigenvalue weighted by Crippen LogP contribution is -2.42. The molecule has 0 aliphatic carbocycles. The Morgan fingerprint density at radius 3 is 2.40 bits per heavy atom. The Morgan fingerprint density at radius 1 is 1.03 bits per heavy atom. The van der Waals surface area contributed by atoms with Gasteiger partial charge in [-0.25, -0.2) is 13.5 Å². The van der Waals surface area contributed by atoms with Crippen LogP contribution in [0.4, 0.5) is 0 Å². The maximum Gasteiger partial charge on any atom is 0.257 e. The van der Waals surface area contributed by atoms with Gasteiger partial charge in [0.2, 0.25) is 16.4 Å². The van der Waals surface area contributed by atoms with Crippen LogP contribution in [0.2, 0.25) is 0 Å². The highest BCUT2D eigenvalue weighted by Crippen LogP contribution is 2.28. The number of hydrogen-bond acceptors (Lipinski definition) is 6. The van der Waals surface area contributed by atoms with E-state index in [-0.39, 0.29) is 29.9 Å². The van der Waals surface area contributed by atoms with E-state index in [2.05, 4.69) is 0 Å². The molecule has 2 fully saturated rings. The molecular formula is C25H31N3O6S. The van der Waals surface area contributed by atoms with Gasteiger partial charge in [-0.15, -0.1) is 0 Å². The molecule has 2 aromatic carbocycles. The molecule has 10 heteroatoms. The van der Waals surface area contributed by atoms with E-state index in [1.165, 1.54) is 4.31 Å². The van der Waals surface area contributed by atoms with Gasteiger partial charge in [0.1, 0.15) is 11.9 Å². The molecule has 9 nitrogen and oxygen atoms in total. The summed E-state index contributed by atoms with van der Waals surface area (Å²) in [5.74, 6) is 0.519. The summed E-state index contributed by atoms with van der Waals surface area (Å²) in [5, 5.41) is 9.89. The first-order chi connectivity index (χ1) is 16.9. The van der Waals surface area contributed by atoms with Crippen molar-refractivity contribution in [1.29, 1.82) is 0 Å². The highest BCUT2D eigenvalue weighted by atomic mass is 32.2. The van der Waals surface area contributed by atoms with Crippen LogP contribution in [0.1, 0.15) is 41.6 Å². The number of ether oxygens (including phenoxy) is 1. The van der Waals surface area contributed by atoms with Crippen molar-refractivity contribution in [1.82, 2.24) is 14.3 Å². The van der Waals surface area contributed by atoms with Crippen molar-refractivity contribution < 1.29 is 28.0 Å². The van der Waals surface area contributed by atoms with Gasteiger partial charge in [-0.1, -0.05) is 30.3 Å². The van der Waals surface area contributed by atoms with Gasteiger partial charge < -0.3 is 9.64 Å². The Labute approximate surface area is 205 Å². The molecule has 1 N–H and O–H groups in total. The van der Waals surface area contributed by atoms with Crippen molar-refractivity contribution in [2.24, 2.45) is 0 Å². The summed E-state index contributed by atoms with van der Waals surface area (Å²) < 4.78 is 34.4. The summed E-state index contributed by atoms with van der Waals surface area (Å²) in [4.78, 5) is 25.6. The third-order valence-corrected chi connectivity index (χ3v) is 8.53. The number of piperidine rings is 1. The maximum atomic E-state index is 13.4. The van der Waals surface area contributed by atoms with Gasteiger partial charge in [0.05, 0.1) is 17.0 Å². The largest absolute Gasteiger partial charge is 0.489 e. The van der Waals surface area contributed by atoms with Gasteiger partial charge >= 0.3 is 0 Å². The summed E-state index contributed by atoms with van der Waals surface area (Å²) in [6, 6.07) is 13.9. The van der Waals surface area contributed by atoms with Crippen LogP contribution in [0, 0.1) is 0 Å². The third kappa shape index (κ3) is 5.83. The number of rotatable bonds is 9. The zero-order valence-corrected chi connectivity index (χ0v) is 20.4. The molecule has 0 atom stereocenters. The minimum absolute atomic E-state index is 0.00149. The smallest absolute Gasteiger partial charge is 0.257 e. The second-order valence-electron chi connectivity index (χ2n) is 8.84. The molecule has 0 bridgehead atoms. The fourth-order valence-electron chi connectivity index (χ4n) is 4.60. The molecule has 2 saturated heterocycles. The van der Waals surface area contributed by atoms with Crippen LogP contribution in [0.3, 0.4) is 0 Å². The molecule has 0 unspecified atom stereocenters. The minimum Gasteiger partial charge on any atom is -0.489 e. The third-order valence-electron chi connectivity index (χ3n) is 6.53. The topological polar surface area (TPSA) is 107 Å². The summed E-state index contributed by atoms with van der Waals surface area (Å²) in [6.07, 6.45) is 3.34. The molecule has 2 aliphatic heterocycles. The molecule has 0 spiro atoms. The number of para-hydroxylation sites is 1. The van der Waals surface area contributed by atoms with Crippen molar-refractivity contribution in [3.63, 3.8) is 0 Å². The van der Waals surface area contributed by atoms with Gasteiger partial charge in [-0.05, 0) is 55.9 Å². The number of nitrogens with zero attached hydrogens (tertiary/aromatic N) is 3. The van der Waals surface area contributed by atoms with Gasteiger partial charge in [-0.3, -0.25) is 14.8 Å². The second kappa shape index (κ2) is 11.2. The number of benzene rings is 2. The fourth-order valence-corrected chi connectivity index (χ4v) is 6.32. The van der Waals surface area contributed by atoms with Crippen LogP contribution >= 0.6 is 0 Å². The van der Waals surface area contributed by atoms with Crippen LogP contribution in [0.5, 0.6) is 5.75 Å². The molecule has 4 rings (SSSR count). The lowest BCUT2D eigenvalue weighted by molar-refractivity contribution is -0.149. The predicted octanol–water partition coefficient (Wildman–Crippen LogP) is 2.54. The number of sulfonamides is 1. The van der Waals surface area contributed by atoms with Gasteiger partial charge in [0.25, 0.3) is 5.91 Å². The zero-order chi connectivity index (χ0) is 24.8. The van der Waals surface area contributed by atoms with Crippen LogP contribution in [0.15, 0.2) is 53.4 Å². The highest BCUT2D eigenvalue weighted by Gasteiger charge is 2.32. The summed E-state index contributed by atoms with van der Waals surface area (Å²) in [7, 11) is -3.75. The van der Waals surface area contributed by atoms with E-state index < -0.39 is 10.0 Å². The SMILES string of the molecule is O=CN(O)CCc1ccccc1S(=O)(=O)N1CCC(Oc2ccccc2C(=O)N2CCCC2)CC1. The van der Waals surface area contributed by atoms with Gasteiger partial charge in [0.15, 0.2) is 0 Å². The van der Waals surface area contributed by atoms with E-state index >= 15 is 0 Å². The number of amides is 2. The van der Waals surface area contributed by atoms with E-state index in [9.17, 15) is 23.2 Å². The van der Waals surface area contributed by atoms with Crippen LogP contribution in [-0.2, 0) is 21.2 Å². The molecule has 188 valence electrons. The molecule has 35 heavy (non-hydrogen) atoms. The average Bonchev–Trinajstić information content (AvgIpc) is 3.43. The van der Waals surface area contributed by atoms with Gasteiger partial charge in [0, 0.05) is 26.2 Å². The quantitative estimate of drug-likeness (QED) is 0.322. The Hall–Kier alpha value is -2.95. The number of carbonyl (C=O) groups excluding carboxylic acids is 2. The highest BCUT2D eigenvalue weighted by molar-refractivity contribution is 7.89. The molecule has 2 aromatic rings. The van der Waals surface area contributed by atoms with E-state index in [1.807, 2.05) is 17.0 Å². The molecule has 2 amide bonds. The summed E-state index contributed by atoms with van der Waals surface area (Å²) >= 11 is 0. The first-order valence-corrected chi connectivity index (χ1v) is 13.4. The monoisotopic (exact) mass is 501 g/mol. The number of hydrogen-bond donors (Lipinski definition) is 1. The number of likely N-dealkylation sites (tertiary alicyclic amines) is 1. The van der Waals surface area contributed by atoms with Crippen molar-refractivity contribution in [3.05, 3.63) is 59.7 Å². The van der Waals surface area contributed by atoms with Crippen LogP contribution in [0.25, 0.3) is 0 Å². The van der Waals surface area contributed by atoms with Crippen LogP contribution < -0.4 is 4.74 Å². The van der Waals surface area contributed by atoms with Crippen molar-refractivity contribution in [2.45, 2.75) is 43.1 Å². The van der Waals surface area contributed by atoms with Gasteiger partial charge in [-0.2, -0.15) is 4.31 Å². The normalized spacial score (nSPS) is 17.3. The second-order valence-corrected chi connectivity index (χ2v) is 10.7. The predicted molar refractivity (Wildman–Crippen MR) is 129 cm³/mol. The molecule has 2 aliphatic rings.